The van der Waals surface area contributed by atoms with Crippen molar-refractivity contribution in [3.05, 3.63) is 28.8 Å². The second-order valence-electron chi connectivity index (χ2n) is 5.48. The van der Waals surface area contributed by atoms with E-state index in [9.17, 15) is 0 Å². The van der Waals surface area contributed by atoms with Crippen molar-refractivity contribution in [2.75, 3.05) is 25.0 Å². The molecular formula is C15H22Cl3N3S. The SMILES string of the molecule is C[C@@H](CN1CCCC1)SC1=NCc2cc(Cl)ccc2N1.Cl.Cl. The Bertz CT molecular complexity index is 519. The van der Waals surface area contributed by atoms with E-state index in [1.54, 1.807) is 0 Å². The number of hydrogen-bond donors (Lipinski definition) is 1. The number of benzene rings is 1. The number of aliphatic imine (C=N–C) groups is 1. The Morgan fingerprint density at radius 2 is 2.05 bits per heavy atom. The van der Waals surface area contributed by atoms with E-state index in [0.717, 1.165) is 29.0 Å². The Morgan fingerprint density at radius 3 is 2.77 bits per heavy atom. The van der Waals surface area contributed by atoms with Gasteiger partial charge in [0.2, 0.25) is 0 Å². The summed E-state index contributed by atoms with van der Waals surface area (Å²) in [6, 6.07) is 5.95. The van der Waals surface area contributed by atoms with Crippen LogP contribution in [0.1, 0.15) is 25.3 Å². The number of thioether (sulfide) groups is 1. The molecule has 1 saturated heterocycles. The summed E-state index contributed by atoms with van der Waals surface area (Å²) < 4.78 is 0. The number of nitrogens with one attached hydrogen (secondary N) is 1. The van der Waals surface area contributed by atoms with Crippen LogP contribution in [0.15, 0.2) is 23.2 Å². The molecule has 0 spiro atoms. The molecule has 2 aliphatic heterocycles. The molecule has 22 heavy (non-hydrogen) atoms. The lowest BCUT2D eigenvalue weighted by molar-refractivity contribution is 0.344. The first-order valence-corrected chi connectivity index (χ1v) is 8.45. The third-order valence-corrected chi connectivity index (χ3v) is 4.97. The highest BCUT2D eigenvalue weighted by molar-refractivity contribution is 8.14. The zero-order chi connectivity index (χ0) is 13.9. The van der Waals surface area contributed by atoms with Crippen molar-refractivity contribution in [1.82, 2.24) is 4.90 Å². The average molecular weight is 383 g/mol. The number of nitrogens with zero attached hydrogens (tertiary/aromatic N) is 2. The minimum Gasteiger partial charge on any atom is -0.335 e. The van der Waals surface area contributed by atoms with E-state index in [1.807, 2.05) is 30.0 Å². The van der Waals surface area contributed by atoms with Crippen molar-refractivity contribution in [3.63, 3.8) is 0 Å². The Labute approximate surface area is 154 Å². The summed E-state index contributed by atoms with van der Waals surface area (Å²) in [6.45, 7) is 6.67. The van der Waals surface area contributed by atoms with Gasteiger partial charge in [0.15, 0.2) is 5.17 Å². The maximum Gasteiger partial charge on any atom is 0.161 e. The van der Waals surface area contributed by atoms with Crippen LogP contribution in [0.2, 0.25) is 5.02 Å². The molecule has 0 aromatic heterocycles. The van der Waals surface area contributed by atoms with E-state index in [0.29, 0.717) is 5.25 Å². The first-order chi connectivity index (χ1) is 9.70. The molecule has 0 radical (unpaired) electrons. The summed E-state index contributed by atoms with van der Waals surface area (Å²) in [5.74, 6) is 0. The standard InChI is InChI=1S/C15H20ClN3S.2ClH/c1-11(10-19-6-2-3-7-19)20-15-17-9-12-8-13(16)4-5-14(12)18-15;;/h4-5,8,11H,2-3,6-7,9-10H2,1H3,(H,17,18);2*1H/t11-;;/m0../s1. The summed E-state index contributed by atoms with van der Waals surface area (Å²) in [5, 5.41) is 5.79. The van der Waals surface area contributed by atoms with Gasteiger partial charge in [-0.3, -0.25) is 4.99 Å². The molecule has 3 nitrogen and oxygen atoms in total. The average Bonchev–Trinajstić information content (AvgIpc) is 2.91. The number of amidine groups is 1. The normalized spacial score (nSPS) is 18.4. The van der Waals surface area contributed by atoms with Crippen LogP contribution in [0.25, 0.3) is 0 Å². The third-order valence-electron chi connectivity index (χ3n) is 3.73. The fraction of sp³-hybridized carbons (Fsp3) is 0.533. The zero-order valence-electron chi connectivity index (χ0n) is 12.5. The molecule has 1 fully saturated rings. The smallest absolute Gasteiger partial charge is 0.161 e. The third kappa shape index (κ3) is 5.20. The van der Waals surface area contributed by atoms with Crippen molar-refractivity contribution in [2.45, 2.75) is 31.6 Å². The van der Waals surface area contributed by atoms with Gasteiger partial charge < -0.3 is 10.2 Å². The van der Waals surface area contributed by atoms with Crippen molar-refractivity contribution in [2.24, 2.45) is 4.99 Å². The molecule has 2 heterocycles. The number of fused-ring (bicyclic) bond motifs is 1. The van der Waals surface area contributed by atoms with E-state index in [4.69, 9.17) is 11.6 Å². The van der Waals surface area contributed by atoms with Gasteiger partial charge in [-0.1, -0.05) is 30.3 Å². The van der Waals surface area contributed by atoms with Crippen LogP contribution in [0.3, 0.4) is 0 Å². The van der Waals surface area contributed by atoms with E-state index in [2.05, 4.69) is 22.1 Å². The van der Waals surface area contributed by atoms with Gasteiger partial charge in [0.05, 0.1) is 6.54 Å². The summed E-state index contributed by atoms with van der Waals surface area (Å²) in [7, 11) is 0. The zero-order valence-corrected chi connectivity index (χ0v) is 15.8. The Kier molecular flexibility index (Phi) is 8.36. The number of likely N-dealkylation sites (tertiary alicyclic amines) is 1. The molecular weight excluding hydrogens is 361 g/mol. The summed E-state index contributed by atoms with van der Waals surface area (Å²) >= 11 is 7.84. The van der Waals surface area contributed by atoms with Gasteiger partial charge in [0.1, 0.15) is 0 Å². The first-order valence-electron chi connectivity index (χ1n) is 7.19. The molecule has 2 aliphatic rings. The summed E-state index contributed by atoms with van der Waals surface area (Å²) in [4.78, 5) is 7.17. The van der Waals surface area contributed by atoms with Crippen LogP contribution in [-0.2, 0) is 6.54 Å². The van der Waals surface area contributed by atoms with Gasteiger partial charge in [-0.2, -0.15) is 0 Å². The Hall–Kier alpha value is -0.130. The minimum absolute atomic E-state index is 0. The van der Waals surface area contributed by atoms with Gasteiger partial charge >= 0.3 is 0 Å². The van der Waals surface area contributed by atoms with Crippen molar-refractivity contribution in [3.8, 4) is 0 Å². The Morgan fingerprint density at radius 1 is 1.32 bits per heavy atom. The first kappa shape index (κ1) is 19.9. The second kappa shape index (κ2) is 9.24. The summed E-state index contributed by atoms with van der Waals surface area (Å²) in [5.41, 5.74) is 2.31. The van der Waals surface area contributed by atoms with Crippen LogP contribution in [0, 0.1) is 0 Å². The molecule has 0 unspecified atom stereocenters. The number of halogens is 3. The molecule has 3 rings (SSSR count). The van der Waals surface area contributed by atoms with Crippen molar-refractivity contribution < 1.29 is 0 Å². The molecule has 1 N–H and O–H groups in total. The maximum absolute atomic E-state index is 6.01. The van der Waals surface area contributed by atoms with Gasteiger partial charge in [0, 0.05) is 22.5 Å². The predicted octanol–water partition coefficient (Wildman–Crippen LogP) is 4.68. The highest BCUT2D eigenvalue weighted by Crippen LogP contribution is 2.28. The molecule has 0 saturated carbocycles. The molecule has 0 bridgehead atoms. The van der Waals surface area contributed by atoms with Crippen LogP contribution >= 0.6 is 48.2 Å². The predicted molar refractivity (Wildman–Crippen MR) is 103 cm³/mol. The van der Waals surface area contributed by atoms with Gasteiger partial charge in [-0.25, -0.2) is 0 Å². The number of rotatable bonds is 3. The fourth-order valence-electron chi connectivity index (χ4n) is 2.75. The van der Waals surface area contributed by atoms with Crippen LogP contribution in [0.4, 0.5) is 5.69 Å². The highest BCUT2D eigenvalue weighted by atomic mass is 35.5. The van der Waals surface area contributed by atoms with Gasteiger partial charge in [-0.05, 0) is 49.7 Å². The highest BCUT2D eigenvalue weighted by Gasteiger charge is 2.18. The topological polar surface area (TPSA) is 27.6 Å². The van der Waals surface area contributed by atoms with Crippen LogP contribution in [0.5, 0.6) is 0 Å². The van der Waals surface area contributed by atoms with E-state index in [-0.39, 0.29) is 24.8 Å². The lowest BCUT2D eigenvalue weighted by atomic mass is 10.1. The molecule has 0 amide bonds. The van der Waals surface area contributed by atoms with Gasteiger partial charge in [-0.15, -0.1) is 24.8 Å². The molecule has 1 aromatic rings. The number of hydrogen-bond acceptors (Lipinski definition) is 4. The largest absolute Gasteiger partial charge is 0.335 e. The quantitative estimate of drug-likeness (QED) is 0.822. The molecule has 7 heteroatoms. The van der Waals surface area contributed by atoms with Crippen LogP contribution < -0.4 is 5.32 Å². The molecule has 1 atom stereocenters. The van der Waals surface area contributed by atoms with E-state index >= 15 is 0 Å². The monoisotopic (exact) mass is 381 g/mol. The number of anilines is 1. The lowest BCUT2D eigenvalue weighted by Crippen LogP contribution is -2.28. The van der Waals surface area contributed by atoms with Crippen molar-refractivity contribution in [1.29, 1.82) is 0 Å². The second-order valence-corrected chi connectivity index (χ2v) is 7.35. The minimum atomic E-state index is 0. The molecule has 124 valence electrons. The van der Waals surface area contributed by atoms with Crippen molar-refractivity contribution >= 4 is 59.0 Å². The Balaban J connectivity index is 0.00000121. The lowest BCUT2D eigenvalue weighted by Gasteiger charge is -2.23. The van der Waals surface area contributed by atoms with Gasteiger partial charge in [0.25, 0.3) is 0 Å². The molecule has 1 aromatic carbocycles. The fourth-order valence-corrected chi connectivity index (χ4v) is 3.92. The van der Waals surface area contributed by atoms with E-state index < -0.39 is 0 Å². The van der Waals surface area contributed by atoms with E-state index in [1.165, 1.54) is 31.5 Å². The summed E-state index contributed by atoms with van der Waals surface area (Å²) in [6.07, 6.45) is 2.70. The molecule has 0 aliphatic carbocycles. The maximum atomic E-state index is 6.01. The van der Waals surface area contributed by atoms with Crippen LogP contribution in [-0.4, -0.2) is 35.0 Å².